The molecule has 1 amide bonds. The lowest BCUT2D eigenvalue weighted by atomic mass is 9.96. The van der Waals surface area contributed by atoms with Crippen LogP contribution in [-0.4, -0.2) is 50.0 Å². The zero-order valence-electron chi connectivity index (χ0n) is 12.1. The molecule has 1 aromatic rings. The van der Waals surface area contributed by atoms with Gasteiger partial charge < -0.3 is 19.1 Å². The number of benzene rings is 1. The van der Waals surface area contributed by atoms with Gasteiger partial charge in [0.05, 0.1) is 13.2 Å². The van der Waals surface area contributed by atoms with E-state index in [1.807, 2.05) is 35.2 Å². The number of ether oxygens (including phenoxy) is 3. The Hall–Kier alpha value is -1.59. The largest absolute Gasteiger partial charge is 0.484 e. The molecule has 114 valence electrons. The zero-order chi connectivity index (χ0) is 14.5. The van der Waals surface area contributed by atoms with Crippen molar-refractivity contribution in [3.05, 3.63) is 30.3 Å². The van der Waals surface area contributed by atoms with E-state index < -0.39 is 0 Å². The number of rotatable bonds is 4. The second kappa shape index (κ2) is 6.91. The fraction of sp³-hybridized carbons (Fsp3) is 0.562. The Labute approximate surface area is 124 Å². The predicted molar refractivity (Wildman–Crippen MR) is 76.9 cm³/mol. The van der Waals surface area contributed by atoms with E-state index in [0.29, 0.717) is 19.1 Å². The first-order valence-corrected chi connectivity index (χ1v) is 7.52. The predicted octanol–water partition coefficient (Wildman–Crippen LogP) is 1.68. The third-order valence-electron chi connectivity index (χ3n) is 4.03. The van der Waals surface area contributed by atoms with Gasteiger partial charge in [0.1, 0.15) is 5.75 Å². The van der Waals surface area contributed by atoms with E-state index >= 15 is 0 Å². The summed E-state index contributed by atoms with van der Waals surface area (Å²) in [5.41, 5.74) is 0. The Morgan fingerprint density at radius 2 is 1.81 bits per heavy atom. The Morgan fingerprint density at radius 1 is 1.14 bits per heavy atom. The maximum absolute atomic E-state index is 12.1. The lowest BCUT2D eigenvalue weighted by Crippen LogP contribution is -2.43. The number of carbonyl (C=O) groups is 1. The van der Waals surface area contributed by atoms with Crippen LogP contribution >= 0.6 is 0 Å². The van der Waals surface area contributed by atoms with Gasteiger partial charge >= 0.3 is 0 Å². The highest BCUT2D eigenvalue weighted by Gasteiger charge is 2.31. The lowest BCUT2D eigenvalue weighted by molar-refractivity contribution is -0.138. The lowest BCUT2D eigenvalue weighted by Gasteiger charge is -2.33. The molecule has 2 heterocycles. The summed E-state index contributed by atoms with van der Waals surface area (Å²) >= 11 is 0. The second-order valence-corrected chi connectivity index (χ2v) is 5.43. The summed E-state index contributed by atoms with van der Waals surface area (Å²) < 4.78 is 16.6. The van der Waals surface area contributed by atoms with Crippen molar-refractivity contribution in [2.24, 2.45) is 5.92 Å². The number of piperidine rings is 1. The average molecular weight is 291 g/mol. The van der Waals surface area contributed by atoms with Crippen LogP contribution < -0.4 is 4.74 Å². The van der Waals surface area contributed by atoms with Gasteiger partial charge in [0, 0.05) is 19.0 Å². The summed E-state index contributed by atoms with van der Waals surface area (Å²) in [6.45, 7) is 2.99. The number of hydrogen-bond acceptors (Lipinski definition) is 4. The van der Waals surface area contributed by atoms with Crippen molar-refractivity contribution in [1.82, 2.24) is 4.90 Å². The number of amides is 1. The number of hydrogen-bond donors (Lipinski definition) is 0. The quantitative estimate of drug-likeness (QED) is 0.847. The molecule has 0 bridgehead atoms. The van der Waals surface area contributed by atoms with E-state index in [0.717, 1.165) is 31.7 Å². The molecular formula is C16H21NO4. The third kappa shape index (κ3) is 3.74. The van der Waals surface area contributed by atoms with E-state index in [4.69, 9.17) is 14.2 Å². The molecule has 0 spiro atoms. The Balaban J connectivity index is 1.42. The molecule has 0 N–H and O–H groups in total. The summed E-state index contributed by atoms with van der Waals surface area (Å²) in [7, 11) is 0. The van der Waals surface area contributed by atoms with Crippen LogP contribution in [0.15, 0.2) is 30.3 Å². The van der Waals surface area contributed by atoms with Gasteiger partial charge in [-0.1, -0.05) is 18.2 Å². The van der Waals surface area contributed by atoms with Crippen molar-refractivity contribution in [1.29, 1.82) is 0 Å². The van der Waals surface area contributed by atoms with Crippen LogP contribution in [0.25, 0.3) is 0 Å². The SMILES string of the molecule is O=C(COc1ccccc1)N1CCC(C2OCCO2)CC1. The molecule has 2 saturated heterocycles. The van der Waals surface area contributed by atoms with Gasteiger partial charge in [-0.15, -0.1) is 0 Å². The standard InChI is InChI=1S/C16H21NO4/c18-15(12-21-14-4-2-1-3-5-14)17-8-6-13(7-9-17)16-19-10-11-20-16/h1-5,13,16H,6-12H2. The summed E-state index contributed by atoms with van der Waals surface area (Å²) in [6.07, 6.45) is 1.80. The number of nitrogens with zero attached hydrogens (tertiary/aromatic N) is 1. The van der Waals surface area contributed by atoms with E-state index in [9.17, 15) is 4.79 Å². The van der Waals surface area contributed by atoms with Gasteiger partial charge in [-0.3, -0.25) is 4.79 Å². The molecule has 21 heavy (non-hydrogen) atoms. The van der Waals surface area contributed by atoms with Crippen LogP contribution in [0.4, 0.5) is 0 Å². The Morgan fingerprint density at radius 3 is 2.48 bits per heavy atom. The average Bonchev–Trinajstić information content (AvgIpc) is 3.08. The van der Waals surface area contributed by atoms with Crippen molar-refractivity contribution in [2.75, 3.05) is 32.9 Å². The van der Waals surface area contributed by atoms with Gasteiger partial charge in [-0.05, 0) is 25.0 Å². The second-order valence-electron chi connectivity index (χ2n) is 5.43. The molecule has 0 aromatic heterocycles. The first kappa shape index (κ1) is 14.4. The topological polar surface area (TPSA) is 48.0 Å². The van der Waals surface area contributed by atoms with Crippen LogP contribution in [0, 0.1) is 5.92 Å². The summed E-state index contributed by atoms with van der Waals surface area (Å²) in [4.78, 5) is 14.0. The number of carbonyl (C=O) groups excluding carboxylic acids is 1. The fourth-order valence-corrected chi connectivity index (χ4v) is 2.82. The molecule has 0 atom stereocenters. The van der Waals surface area contributed by atoms with Crippen LogP contribution in [0.3, 0.4) is 0 Å². The third-order valence-corrected chi connectivity index (χ3v) is 4.03. The van der Waals surface area contributed by atoms with Gasteiger partial charge in [0.25, 0.3) is 5.91 Å². The van der Waals surface area contributed by atoms with Crippen molar-refractivity contribution < 1.29 is 19.0 Å². The fourth-order valence-electron chi connectivity index (χ4n) is 2.82. The molecule has 0 aliphatic carbocycles. The minimum Gasteiger partial charge on any atom is -0.484 e. The highest BCUT2D eigenvalue weighted by atomic mass is 16.7. The van der Waals surface area contributed by atoms with Crippen LogP contribution in [-0.2, 0) is 14.3 Å². The maximum atomic E-state index is 12.1. The van der Waals surface area contributed by atoms with Crippen LogP contribution in [0.5, 0.6) is 5.75 Å². The summed E-state index contributed by atoms with van der Waals surface area (Å²) in [5, 5.41) is 0. The first-order valence-electron chi connectivity index (χ1n) is 7.52. The first-order chi connectivity index (χ1) is 10.3. The monoisotopic (exact) mass is 291 g/mol. The van der Waals surface area contributed by atoms with Crippen LogP contribution in [0.1, 0.15) is 12.8 Å². The molecule has 2 aliphatic rings. The van der Waals surface area contributed by atoms with Crippen molar-refractivity contribution in [2.45, 2.75) is 19.1 Å². The summed E-state index contributed by atoms with van der Waals surface area (Å²) in [5.74, 6) is 1.19. The van der Waals surface area contributed by atoms with Gasteiger partial charge in [-0.25, -0.2) is 0 Å². The molecule has 2 fully saturated rings. The minimum atomic E-state index is -0.0668. The highest BCUT2D eigenvalue weighted by Crippen LogP contribution is 2.25. The van der Waals surface area contributed by atoms with E-state index in [1.54, 1.807) is 0 Å². The normalized spacial score (nSPS) is 20.7. The molecule has 3 rings (SSSR count). The number of para-hydroxylation sites is 1. The molecular weight excluding hydrogens is 270 g/mol. The van der Waals surface area contributed by atoms with Crippen LogP contribution in [0.2, 0.25) is 0 Å². The van der Waals surface area contributed by atoms with Gasteiger partial charge in [0.15, 0.2) is 12.9 Å². The Bertz CT molecular complexity index is 451. The molecule has 0 saturated carbocycles. The van der Waals surface area contributed by atoms with E-state index in [-0.39, 0.29) is 18.8 Å². The van der Waals surface area contributed by atoms with Gasteiger partial charge in [-0.2, -0.15) is 0 Å². The Kier molecular flexibility index (Phi) is 4.72. The minimum absolute atomic E-state index is 0.0468. The molecule has 5 heteroatoms. The molecule has 2 aliphatic heterocycles. The molecule has 0 unspecified atom stereocenters. The molecule has 5 nitrogen and oxygen atoms in total. The van der Waals surface area contributed by atoms with Crippen molar-refractivity contribution >= 4 is 5.91 Å². The number of likely N-dealkylation sites (tertiary alicyclic amines) is 1. The van der Waals surface area contributed by atoms with Gasteiger partial charge in [0.2, 0.25) is 0 Å². The summed E-state index contributed by atoms with van der Waals surface area (Å²) in [6, 6.07) is 9.43. The molecule has 1 aromatic carbocycles. The zero-order valence-corrected chi connectivity index (χ0v) is 12.1. The van der Waals surface area contributed by atoms with Crippen molar-refractivity contribution in [3.8, 4) is 5.75 Å². The van der Waals surface area contributed by atoms with E-state index in [2.05, 4.69) is 0 Å². The van der Waals surface area contributed by atoms with Crippen molar-refractivity contribution in [3.63, 3.8) is 0 Å². The highest BCUT2D eigenvalue weighted by molar-refractivity contribution is 5.77. The van der Waals surface area contributed by atoms with E-state index in [1.165, 1.54) is 0 Å². The smallest absolute Gasteiger partial charge is 0.260 e. The molecule has 0 radical (unpaired) electrons. The maximum Gasteiger partial charge on any atom is 0.260 e.